The van der Waals surface area contributed by atoms with E-state index in [4.69, 9.17) is 4.74 Å². The number of aromatic amines is 1. The maximum absolute atomic E-state index is 13.8. The third-order valence-corrected chi connectivity index (χ3v) is 5.55. The number of halogens is 1. The van der Waals surface area contributed by atoms with E-state index >= 15 is 0 Å². The van der Waals surface area contributed by atoms with Gasteiger partial charge in [-0.05, 0) is 41.5 Å². The van der Waals surface area contributed by atoms with Crippen molar-refractivity contribution in [1.82, 2.24) is 15.6 Å². The molecule has 4 rings (SSSR count). The Labute approximate surface area is 190 Å². The zero-order valence-corrected chi connectivity index (χ0v) is 18.1. The predicted molar refractivity (Wildman–Crippen MR) is 125 cm³/mol. The van der Waals surface area contributed by atoms with Gasteiger partial charge in [0.1, 0.15) is 11.6 Å². The Balaban J connectivity index is 1.48. The first-order valence-corrected chi connectivity index (χ1v) is 10.6. The number of aromatic nitrogens is 1. The fourth-order valence-electron chi connectivity index (χ4n) is 3.81. The molecule has 1 heterocycles. The topological polar surface area (TPSA) is 83.2 Å². The van der Waals surface area contributed by atoms with E-state index in [1.54, 1.807) is 13.2 Å². The van der Waals surface area contributed by atoms with Crippen molar-refractivity contribution in [3.63, 3.8) is 0 Å². The van der Waals surface area contributed by atoms with Crippen molar-refractivity contribution in [2.24, 2.45) is 0 Å². The Bertz CT molecular complexity index is 1270. The zero-order valence-electron chi connectivity index (χ0n) is 18.1. The van der Waals surface area contributed by atoms with Gasteiger partial charge in [0, 0.05) is 29.6 Å². The van der Waals surface area contributed by atoms with Crippen LogP contribution >= 0.6 is 0 Å². The van der Waals surface area contributed by atoms with Gasteiger partial charge in [-0.3, -0.25) is 9.59 Å². The first-order valence-electron chi connectivity index (χ1n) is 10.6. The molecule has 3 N–H and O–H groups in total. The molecule has 168 valence electrons. The third kappa shape index (κ3) is 5.03. The van der Waals surface area contributed by atoms with Crippen LogP contribution in [0.1, 0.15) is 27.4 Å². The van der Waals surface area contributed by atoms with E-state index in [0.29, 0.717) is 6.54 Å². The fourth-order valence-corrected chi connectivity index (χ4v) is 3.81. The highest BCUT2D eigenvalue weighted by atomic mass is 19.1. The molecule has 0 saturated heterocycles. The van der Waals surface area contributed by atoms with E-state index in [-0.39, 0.29) is 23.9 Å². The molecule has 3 aromatic carbocycles. The molecule has 0 aliphatic heterocycles. The molecule has 33 heavy (non-hydrogen) atoms. The van der Waals surface area contributed by atoms with Crippen molar-refractivity contribution >= 4 is 22.7 Å². The molecule has 0 aliphatic carbocycles. The Kier molecular flexibility index (Phi) is 6.69. The Morgan fingerprint density at radius 3 is 2.45 bits per heavy atom. The number of H-pyrrole nitrogens is 1. The largest absolute Gasteiger partial charge is 0.497 e. The van der Waals surface area contributed by atoms with Crippen LogP contribution in [0.5, 0.6) is 5.75 Å². The molecule has 7 heteroatoms. The number of fused-ring (bicyclic) bond motifs is 1. The number of carbonyl (C=O) groups excluding carboxylic acids is 2. The van der Waals surface area contributed by atoms with Gasteiger partial charge in [-0.2, -0.15) is 0 Å². The molecule has 0 fully saturated rings. The monoisotopic (exact) mass is 445 g/mol. The smallest absolute Gasteiger partial charge is 0.254 e. The molecule has 1 unspecified atom stereocenters. The average Bonchev–Trinajstić information content (AvgIpc) is 3.27. The van der Waals surface area contributed by atoms with Gasteiger partial charge in [0.25, 0.3) is 5.91 Å². The molecule has 2 amide bonds. The van der Waals surface area contributed by atoms with E-state index in [9.17, 15) is 14.0 Å². The third-order valence-electron chi connectivity index (χ3n) is 5.55. The highest BCUT2D eigenvalue weighted by Gasteiger charge is 2.20. The number of nitrogens with one attached hydrogen (secondary N) is 3. The highest BCUT2D eigenvalue weighted by Crippen LogP contribution is 2.31. The molecule has 0 radical (unpaired) electrons. The maximum Gasteiger partial charge on any atom is 0.254 e. The summed E-state index contributed by atoms with van der Waals surface area (Å²) in [5.74, 6) is -1.01. The minimum atomic E-state index is -0.633. The number of para-hydroxylation sites is 1. The minimum Gasteiger partial charge on any atom is -0.497 e. The lowest BCUT2D eigenvalue weighted by Gasteiger charge is -2.19. The first kappa shape index (κ1) is 22.1. The van der Waals surface area contributed by atoms with Crippen LogP contribution in [0.15, 0.2) is 79.0 Å². The zero-order chi connectivity index (χ0) is 23.2. The van der Waals surface area contributed by atoms with Crippen molar-refractivity contribution in [3.05, 3.63) is 102 Å². The summed E-state index contributed by atoms with van der Waals surface area (Å²) in [5.41, 5.74) is 2.97. The number of rotatable bonds is 8. The van der Waals surface area contributed by atoms with Crippen LogP contribution in [0.25, 0.3) is 10.9 Å². The van der Waals surface area contributed by atoms with Crippen LogP contribution in [0, 0.1) is 5.82 Å². The van der Waals surface area contributed by atoms with Crippen LogP contribution in [-0.2, 0) is 4.79 Å². The first-order chi connectivity index (χ1) is 16.1. The van der Waals surface area contributed by atoms with Crippen molar-refractivity contribution in [2.45, 2.75) is 5.92 Å². The quantitative estimate of drug-likeness (QED) is 0.383. The molecule has 0 bridgehead atoms. The van der Waals surface area contributed by atoms with Gasteiger partial charge in [0.05, 0.1) is 19.2 Å². The number of methoxy groups -OCH3 is 1. The number of hydrogen-bond acceptors (Lipinski definition) is 3. The lowest BCUT2D eigenvalue weighted by Crippen LogP contribution is -2.38. The standard InChI is InChI=1S/C26H24FN3O3/c1-33-18-12-10-17(11-13-18)21(22-15-28-24-9-5-3-6-19(22)24)14-29-25(31)16-30-26(32)20-7-2-4-8-23(20)27/h2-13,15,21,28H,14,16H2,1H3,(H,29,31)(H,30,32). The van der Waals surface area contributed by atoms with Gasteiger partial charge in [0.2, 0.25) is 5.91 Å². The molecular formula is C26H24FN3O3. The van der Waals surface area contributed by atoms with Crippen molar-refractivity contribution in [2.75, 3.05) is 20.2 Å². The van der Waals surface area contributed by atoms with Gasteiger partial charge in [-0.15, -0.1) is 0 Å². The number of carbonyl (C=O) groups is 2. The highest BCUT2D eigenvalue weighted by molar-refractivity contribution is 5.96. The SMILES string of the molecule is COc1ccc(C(CNC(=O)CNC(=O)c2ccccc2F)c2c[nH]c3ccccc23)cc1. The summed E-state index contributed by atoms with van der Waals surface area (Å²) in [4.78, 5) is 27.9. The molecule has 0 saturated carbocycles. The van der Waals surface area contributed by atoms with Crippen molar-refractivity contribution < 1.29 is 18.7 Å². The van der Waals surface area contributed by atoms with E-state index in [1.807, 2.05) is 54.7 Å². The maximum atomic E-state index is 13.8. The molecular weight excluding hydrogens is 421 g/mol. The molecule has 1 atom stereocenters. The van der Waals surface area contributed by atoms with Gasteiger partial charge in [-0.1, -0.05) is 42.5 Å². The second kappa shape index (κ2) is 9.99. The second-order valence-electron chi connectivity index (χ2n) is 7.58. The molecule has 0 aliphatic rings. The van der Waals surface area contributed by atoms with Crippen molar-refractivity contribution in [3.8, 4) is 5.75 Å². The van der Waals surface area contributed by atoms with Gasteiger partial charge < -0.3 is 20.4 Å². The number of benzene rings is 3. The number of ether oxygens (including phenoxy) is 1. The van der Waals surface area contributed by atoms with Crippen LogP contribution in [0.4, 0.5) is 4.39 Å². The minimum absolute atomic E-state index is 0.0970. The lowest BCUT2D eigenvalue weighted by atomic mass is 9.91. The van der Waals surface area contributed by atoms with Crippen molar-refractivity contribution in [1.29, 1.82) is 0 Å². The average molecular weight is 445 g/mol. The number of amides is 2. The normalized spacial score (nSPS) is 11.7. The van der Waals surface area contributed by atoms with Crippen LogP contribution in [0.2, 0.25) is 0 Å². The fraction of sp³-hybridized carbons (Fsp3) is 0.154. The molecule has 6 nitrogen and oxygen atoms in total. The van der Waals surface area contributed by atoms with E-state index in [0.717, 1.165) is 27.8 Å². The molecule has 1 aromatic heterocycles. The van der Waals surface area contributed by atoms with E-state index in [1.165, 1.54) is 18.2 Å². The van der Waals surface area contributed by atoms with Crippen LogP contribution in [-0.4, -0.2) is 37.0 Å². The van der Waals surface area contributed by atoms with E-state index in [2.05, 4.69) is 15.6 Å². The van der Waals surface area contributed by atoms with Gasteiger partial charge >= 0.3 is 0 Å². The Morgan fingerprint density at radius 1 is 0.970 bits per heavy atom. The summed E-state index contributed by atoms with van der Waals surface area (Å²) in [6.45, 7) is 0.0684. The Hall–Kier alpha value is -4.13. The summed E-state index contributed by atoms with van der Waals surface area (Å²) in [7, 11) is 1.61. The molecule has 0 spiro atoms. The summed E-state index contributed by atoms with van der Waals surface area (Å²) in [5, 5.41) is 6.43. The van der Waals surface area contributed by atoms with E-state index < -0.39 is 11.7 Å². The van der Waals surface area contributed by atoms with Gasteiger partial charge in [0.15, 0.2) is 0 Å². The summed E-state index contributed by atoms with van der Waals surface area (Å²) in [6.07, 6.45) is 1.95. The second-order valence-corrected chi connectivity index (χ2v) is 7.58. The summed E-state index contributed by atoms with van der Waals surface area (Å²) >= 11 is 0. The van der Waals surface area contributed by atoms with Gasteiger partial charge in [-0.25, -0.2) is 4.39 Å². The predicted octanol–water partition coefficient (Wildman–Crippen LogP) is 3.99. The Morgan fingerprint density at radius 2 is 1.70 bits per heavy atom. The number of hydrogen-bond donors (Lipinski definition) is 3. The van der Waals surface area contributed by atoms with Crippen LogP contribution in [0.3, 0.4) is 0 Å². The van der Waals surface area contributed by atoms with Crippen LogP contribution < -0.4 is 15.4 Å². The lowest BCUT2D eigenvalue weighted by molar-refractivity contribution is -0.120. The summed E-state index contributed by atoms with van der Waals surface area (Å²) < 4.78 is 19.0. The summed E-state index contributed by atoms with van der Waals surface area (Å²) in [6, 6.07) is 21.3. The molecule has 4 aromatic rings.